The Hall–Kier alpha value is -2.16. The SMILES string of the molecule is C=C(F)C(=O)Oc1ccc2ccccc2c1. The van der Waals surface area contributed by atoms with E-state index >= 15 is 0 Å². The molecule has 0 fully saturated rings. The molecule has 0 saturated heterocycles. The third kappa shape index (κ3) is 2.08. The van der Waals surface area contributed by atoms with Crippen molar-refractivity contribution in [1.82, 2.24) is 0 Å². The van der Waals surface area contributed by atoms with Gasteiger partial charge in [0.2, 0.25) is 5.83 Å². The number of ether oxygens (including phenoxy) is 1. The largest absolute Gasteiger partial charge is 0.421 e. The summed E-state index contributed by atoms with van der Waals surface area (Å²) in [6.45, 7) is 2.87. The van der Waals surface area contributed by atoms with Gasteiger partial charge in [-0.3, -0.25) is 0 Å². The zero-order valence-electron chi connectivity index (χ0n) is 8.44. The fourth-order valence-electron chi connectivity index (χ4n) is 1.39. The standard InChI is InChI=1S/C13H9FO2/c1-9(14)13(15)16-12-7-6-10-4-2-3-5-11(10)8-12/h2-8H,1H2. The lowest BCUT2D eigenvalue weighted by molar-refractivity contribution is -0.131. The zero-order valence-corrected chi connectivity index (χ0v) is 8.44. The third-order valence-corrected chi connectivity index (χ3v) is 2.15. The van der Waals surface area contributed by atoms with Crippen molar-refractivity contribution in [1.29, 1.82) is 0 Å². The summed E-state index contributed by atoms with van der Waals surface area (Å²) in [5.74, 6) is -1.86. The van der Waals surface area contributed by atoms with Gasteiger partial charge in [0.25, 0.3) is 0 Å². The maximum Gasteiger partial charge on any atom is 0.371 e. The lowest BCUT2D eigenvalue weighted by Crippen LogP contribution is -2.07. The highest BCUT2D eigenvalue weighted by atomic mass is 19.1. The van der Waals surface area contributed by atoms with E-state index in [1.165, 1.54) is 0 Å². The van der Waals surface area contributed by atoms with Crippen LogP contribution in [0.25, 0.3) is 10.8 Å². The molecule has 80 valence electrons. The van der Waals surface area contributed by atoms with Gasteiger partial charge in [-0.15, -0.1) is 0 Å². The molecule has 0 N–H and O–H groups in total. The van der Waals surface area contributed by atoms with E-state index < -0.39 is 11.8 Å². The summed E-state index contributed by atoms with van der Waals surface area (Å²) in [6.07, 6.45) is 0. The molecule has 0 aromatic heterocycles. The van der Waals surface area contributed by atoms with Crippen molar-refractivity contribution in [2.75, 3.05) is 0 Å². The Labute approximate surface area is 92.0 Å². The minimum Gasteiger partial charge on any atom is -0.421 e. The summed E-state index contributed by atoms with van der Waals surface area (Å²) >= 11 is 0. The lowest BCUT2D eigenvalue weighted by Gasteiger charge is -2.03. The maximum atomic E-state index is 12.4. The first-order valence-corrected chi connectivity index (χ1v) is 4.72. The van der Waals surface area contributed by atoms with Crippen molar-refractivity contribution in [3.05, 3.63) is 54.9 Å². The van der Waals surface area contributed by atoms with E-state index in [4.69, 9.17) is 4.74 Å². The maximum absolute atomic E-state index is 12.4. The quantitative estimate of drug-likeness (QED) is 0.437. The van der Waals surface area contributed by atoms with Crippen LogP contribution in [0.4, 0.5) is 4.39 Å². The molecule has 3 heteroatoms. The Morgan fingerprint density at radius 3 is 2.50 bits per heavy atom. The molecule has 2 aromatic rings. The predicted molar refractivity (Wildman–Crippen MR) is 59.8 cm³/mol. The van der Waals surface area contributed by atoms with Crippen LogP contribution in [0.2, 0.25) is 0 Å². The van der Waals surface area contributed by atoms with Gasteiger partial charge in [-0.25, -0.2) is 4.79 Å². The van der Waals surface area contributed by atoms with E-state index in [9.17, 15) is 9.18 Å². The summed E-state index contributed by atoms with van der Waals surface area (Å²) in [6, 6.07) is 12.7. The lowest BCUT2D eigenvalue weighted by atomic mass is 10.1. The highest BCUT2D eigenvalue weighted by Crippen LogP contribution is 2.21. The molecule has 2 aromatic carbocycles. The molecule has 0 saturated carbocycles. The molecule has 0 spiro atoms. The smallest absolute Gasteiger partial charge is 0.371 e. The van der Waals surface area contributed by atoms with Crippen LogP contribution in [0.15, 0.2) is 54.9 Å². The van der Waals surface area contributed by atoms with Gasteiger partial charge in [0.1, 0.15) is 5.75 Å². The predicted octanol–water partition coefficient (Wildman–Crippen LogP) is 3.23. The van der Waals surface area contributed by atoms with Crippen LogP contribution in [0, 0.1) is 0 Å². The van der Waals surface area contributed by atoms with Gasteiger partial charge in [0.15, 0.2) is 0 Å². The van der Waals surface area contributed by atoms with E-state index in [0.717, 1.165) is 10.8 Å². The Morgan fingerprint density at radius 1 is 1.12 bits per heavy atom. The summed E-state index contributed by atoms with van der Waals surface area (Å²) in [7, 11) is 0. The monoisotopic (exact) mass is 216 g/mol. The van der Waals surface area contributed by atoms with Crippen LogP contribution in [0.5, 0.6) is 5.75 Å². The molecule has 0 atom stereocenters. The minimum atomic E-state index is -1.10. The average Bonchev–Trinajstić information content (AvgIpc) is 2.28. The molecule has 0 aliphatic carbocycles. The number of fused-ring (bicyclic) bond motifs is 1. The minimum absolute atomic E-state index is 0.308. The van der Waals surface area contributed by atoms with Gasteiger partial charge in [-0.2, -0.15) is 4.39 Å². The van der Waals surface area contributed by atoms with Gasteiger partial charge < -0.3 is 4.74 Å². The molecule has 2 nitrogen and oxygen atoms in total. The molecular formula is C13H9FO2. The Morgan fingerprint density at radius 2 is 1.81 bits per heavy atom. The number of hydrogen-bond acceptors (Lipinski definition) is 2. The molecule has 0 aliphatic heterocycles. The first-order valence-electron chi connectivity index (χ1n) is 4.72. The molecular weight excluding hydrogens is 207 g/mol. The molecule has 2 rings (SSSR count). The normalized spacial score (nSPS) is 10.1. The summed E-state index contributed by atoms with van der Waals surface area (Å²) in [5.41, 5.74) is 0. The number of hydrogen-bond donors (Lipinski definition) is 0. The second-order valence-corrected chi connectivity index (χ2v) is 3.30. The summed E-state index contributed by atoms with van der Waals surface area (Å²) in [4.78, 5) is 11.0. The van der Waals surface area contributed by atoms with Gasteiger partial charge in [-0.05, 0) is 22.9 Å². The second kappa shape index (κ2) is 4.14. The summed E-state index contributed by atoms with van der Waals surface area (Å²) in [5, 5.41) is 1.96. The second-order valence-electron chi connectivity index (χ2n) is 3.30. The van der Waals surface area contributed by atoms with Crippen molar-refractivity contribution >= 4 is 16.7 Å². The number of rotatable bonds is 2. The highest BCUT2D eigenvalue weighted by molar-refractivity contribution is 5.89. The average molecular weight is 216 g/mol. The highest BCUT2D eigenvalue weighted by Gasteiger charge is 2.08. The van der Waals surface area contributed by atoms with Crippen molar-refractivity contribution in [3.8, 4) is 5.75 Å². The van der Waals surface area contributed by atoms with Crippen LogP contribution >= 0.6 is 0 Å². The van der Waals surface area contributed by atoms with Crippen LogP contribution in [-0.4, -0.2) is 5.97 Å². The van der Waals surface area contributed by atoms with Crippen LogP contribution in [0.3, 0.4) is 0 Å². The van der Waals surface area contributed by atoms with Gasteiger partial charge in [-0.1, -0.05) is 36.9 Å². The molecule has 0 heterocycles. The van der Waals surface area contributed by atoms with Gasteiger partial charge >= 0.3 is 5.97 Å². The Kier molecular flexibility index (Phi) is 2.68. The van der Waals surface area contributed by atoms with E-state index in [1.807, 2.05) is 24.3 Å². The fourth-order valence-corrected chi connectivity index (χ4v) is 1.39. The summed E-state index contributed by atoms with van der Waals surface area (Å²) < 4.78 is 17.2. The van der Waals surface area contributed by atoms with E-state index in [0.29, 0.717) is 5.75 Å². The van der Waals surface area contributed by atoms with Gasteiger partial charge in [0.05, 0.1) is 0 Å². The molecule has 0 amide bonds. The first kappa shape index (κ1) is 10.4. The number of halogens is 1. The van der Waals surface area contributed by atoms with E-state index in [-0.39, 0.29) is 0 Å². The number of carbonyl (C=O) groups is 1. The van der Waals surface area contributed by atoms with Crippen molar-refractivity contribution < 1.29 is 13.9 Å². The number of esters is 1. The topological polar surface area (TPSA) is 26.3 Å². The molecule has 0 radical (unpaired) electrons. The number of carbonyl (C=O) groups excluding carboxylic acids is 1. The first-order chi connectivity index (χ1) is 7.66. The van der Waals surface area contributed by atoms with Crippen molar-refractivity contribution in [2.45, 2.75) is 0 Å². The fraction of sp³-hybridized carbons (Fsp3) is 0. The number of benzene rings is 2. The van der Waals surface area contributed by atoms with Crippen LogP contribution in [-0.2, 0) is 4.79 Å². The van der Waals surface area contributed by atoms with E-state index in [1.54, 1.807) is 18.2 Å². The van der Waals surface area contributed by atoms with Crippen molar-refractivity contribution in [2.24, 2.45) is 0 Å². The van der Waals surface area contributed by atoms with Crippen molar-refractivity contribution in [3.63, 3.8) is 0 Å². The van der Waals surface area contributed by atoms with Gasteiger partial charge in [0, 0.05) is 0 Å². The molecule has 16 heavy (non-hydrogen) atoms. The Balaban J connectivity index is 2.33. The zero-order chi connectivity index (χ0) is 11.5. The molecule has 0 unspecified atom stereocenters. The molecule has 0 bridgehead atoms. The van der Waals surface area contributed by atoms with Crippen LogP contribution < -0.4 is 4.74 Å². The van der Waals surface area contributed by atoms with E-state index in [2.05, 4.69) is 6.58 Å². The third-order valence-electron chi connectivity index (χ3n) is 2.15. The Bertz CT molecular complexity index is 561. The van der Waals surface area contributed by atoms with Crippen LogP contribution in [0.1, 0.15) is 0 Å². The molecule has 0 aliphatic rings.